The van der Waals surface area contributed by atoms with E-state index in [9.17, 15) is 0 Å². The fourth-order valence-electron chi connectivity index (χ4n) is 2.73. The fourth-order valence-corrected chi connectivity index (χ4v) is 3.27. The highest BCUT2D eigenvalue weighted by molar-refractivity contribution is 14.1. The molecule has 0 amide bonds. The minimum atomic E-state index is 0.799. The summed E-state index contributed by atoms with van der Waals surface area (Å²) in [6, 6.07) is 25.8. The van der Waals surface area contributed by atoms with Crippen LogP contribution < -0.4 is 4.74 Å². The Hall–Kier alpha value is -1.81. The zero-order valence-corrected chi connectivity index (χ0v) is 16.7. The molecule has 0 aliphatic rings. The molecule has 2 heteroatoms. The Bertz CT molecular complexity index is 774. The number of alkyl halides is 1. The van der Waals surface area contributed by atoms with Gasteiger partial charge in [0.25, 0.3) is 0 Å². The van der Waals surface area contributed by atoms with Crippen molar-refractivity contribution in [3.63, 3.8) is 0 Å². The van der Waals surface area contributed by atoms with E-state index in [-0.39, 0.29) is 0 Å². The van der Waals surface area contributed by atoms with E-state index in [0.717, 1.165) is 18.8 Å². The molecule has 0 saturated heterocycles. The van der Waals surface area contributed by atoms with E-state index < -0.39 is 0 Å². The van der Waals surface area contributed by atoms with Gasteiger partial charge in [-0.2, -0.15) is 0 Å². The molecule has 0 fully saturated rings. The molecule has 128 valence electrons. The number of hydrogen-bond acceptors (Lipinski definition) is 1. The van der Waals surface area contributed by atoms with Crippen molar-refractivity contribution in [1.29, 1.82) is 0 Å². The van der Waals surface area contributed by atoms with E-state index in [1.165, 1.54) is 38.7 Å². The minimum Gasteiger partial charge on any atom is -0.494 e. The van der Waals surface area contributed by atoms with Crippen LogP contribution >= 0.6 is 22.6 Å². The van der Waals surface area contributed by atoms with E-state index in [0.29, 0.717) is 0 Å². The number of benzene rings is 3. The maximum atomic E-state index is 5.78. The SMILES string of the molecule is Cc1ccc(-c2ccc(-c3ccc(OCCCCI)cc3)cc2)cc1. The zero-order valence-electron chi connectivity index (χ0n) is 14.5. The van der Waals surface area contributed by atoms with Crippen LogP contribution in [0.2, 0.25) is 0 Å². The first-order chi connectivity index (χ1) is 12.3. The van der Waals surface area contributed by atoms with Gasteiger partial charge in [0.05, 0.1) is 6.61 Å². The average molecular weight is 442 g/mol. The van der Waals surface area contributed by atoms with Crippen LogP contribution in [0.1, 0.15) is 18.4 Å². The van der Waals surface area contributed by atoms with Crippen LogP contribution in [-0.4, -0.2) is 11.0 Å². The Balaban J connectivity index is 1.66. The molecule has 3 aromatic rings. The Morgan fingerprint density at radius 1 is 0.640 bits per heavy atom. The normalized spacial score (nSPS) is 10.6. The Morgan fingerprint density at radius 2 is 1.08 bits per heavy atom. The second kappa shape index (κ2) is 9.04. The molecule has 0 unspecified atom stereocenters. The topological polar surface area (TPSA) is 9.23 Å². The number of ether oxygens (including phenoxy) is 1. The highest BCUT2D eigenvalue weighted by Gasteiger charge is 2.01. The molecule has 0 N–H and O–H groups in total. The van der Waals surface area contributed by atoms with Crippen molar-refractivity contribution in [2.24, 2.45) is 0 Å². The minimum absolute atomic E-state index is 0.799. The Kier molecular flexibility index (Phi) is 6.51. The third kappa shape index (κ3) is 5.08. The molecule has 0 radical (unpaired) electrons. The van der Waals surface area contributed by atoms with Gasteiger partial charge < -0.3 is 4.74 Å². The van der Waals surface area contributed by atoms with Gasteiger partial charge in [0, 0.05) is 0 Å². The van der Waals surface area contributed by atoms with Crippen molar-refractivity contribution in [2.75, 3.05) is 11.0 Å². The molecule has 0 heterocycles. The van der Waals surface area contributed by atoms with Crippen molar-refractivity contribution in [3.05, 3.63) is 78.4 Å². The lowest BCUT2D eigenvalue weighted by Crippen LogP contribution is -1.97. The van der Waals surface area contributed by atoms with Crippen LogP contribution in [0.25, 0.3) is 22.3 Å². The molecular weight excluding hydrogens is 419 g/mol. The van der Waals surface area contributed by atoms with Crippen LogP contribution in [0.4, 0.5) is 0 Å². The summed E-state index contributed by atoms with van der Waals surface area (Å²) in [5, 5.41) is 0. The predicted octanol–water partition coefficient (Wildman–Crippen LogP) is 6.92. The van der Waals surface area contributed by atoms with E-state index in [4.69, 9.17) is 4.74 Å². The molecule has 3 rings (SSSR count). The summed E-state index contributed by atoms with van der Waals surface area (Å²) >= 11 is 2.40. The van der Waals surface area contributed by atoms with E-state index in [2.05, 4.69) is 102 Å². The third-order valence-corrected chi connectivity index (χ3v) is 5.02. The lowest BCUT2D eigenvalue weighted by atomic mass is 10.00. The van der Waals surface area contributed by atoms with Gasteiger partial charge in [-0.25, -0.2) is 0 Å². The molecule has 0 spiro atoms. The first kappa shape index (κ1) is 18.0. The number of rotatable bonds is 7. The van der Waals surface area contributed by atoms with Crippen molar-refractivity contribution in [1.82, 2.24) is 0 Å². The number of halogens is 1. The standard InChI is InChI=1S/C23H23IO/c1-18-4-6-19(7-5-18)20-8-10-21(11-9-20)22-12-14-23(15-13-22)25-17-3-2-16-24/h4-15H,2-3,16-17H2,1H3. The van der Waals surface area contributed by atoms with Crippen LogP contribution in [0, 0.1) is 6.92 Å². The summed E-state index contributed by atoms with van der Waals surface area (Å²) in [5.74, 6) is 0.952. The maximum absolute atomic E-state index is 5.78. The van der Waals surface area contributed by atoms with Crippen LogP contribution in [-0.2, 0) is 0 Å². The second-order valence-corrected chi connectivity index (χ2v) is 7.29. The molecule has 1 nitrogen and oxygen atoms in total. The fraction of sp³-hybridized carbons (Fsp3) is 0.217. The van der Waals surface area contributed by atoms with Gasteiger partial charge in [0.2, 0.25) is 0 Å². The van der Waals surface area contributed by atoms with Gasteiger partial charge >= 0.3 is 0 Å². The third-order valence-electron chi connectivity index (χ3n) is 4.25. The summed E-state index contributed by atoms with van der Waals surface area (Å²) in [6.45, 7) is 2.91. The Labute approximate surface area is 164 Å². The highest BCUT2D eigenvalue weighted by atomic mass is 127. The molecule has 0 aliphatic carbocycles. The molecule has 0 saturated carbocycles. The summed E-state index contributed by atoms with van der Waals surface area (Å²) in [6.07, 6.45) is 2.33. The maximum Gasteiger partial charge on any atom is 0.119 e. The second-order valence-electron chi connectivity index (χ2n) is 6.21. The first-order valence-electron chi connectivity index (χ1n) is 8.72. The van der Waals surface area contributed by atoms with Crippen LogP contribution in [0.5, 0.6) is 5.75 Å². The van der Waals surface area contributed by atoms with Gasteiger partial charge in [0.1, 0.15) is 5.75 Å². The van der Waals surface area contributed by atoms with Gasteiger partial charge in [-0.1, -0.05) is 88.8 Å². The molecule has 0 atom stereocenters. The van der Waals surface area contributed by atoms with Gasteiger partial charge in [-0.15, -0.1) is 0 Å². The zero-order chi connectivity index (χ0) is 17.5. The van der Waals surface area contributed by atoms with E-state index >= 15 is 0 Å². The molecule has 3 aromatic carbocycles. The van der Waals surface area contributed by atoms with Gasteiger partial charge in [0.15, 0.2) is 0 Å². The largest absolute Gasteiger partial charge is 0.494 e. The van der Waals surface area contributed by atoms with E-state index in [1.54, 1.807) is 0 Å². The van der Waals surface area contributed by atoms with Crippen molar-refractivity contribution in [2.45, 2.75) is 19.8 Å². The van der Waals surface area contributed by atoms with Crippen LogP contribution in [0.3, 0.4) is 0 Å². The van der Waals surface area contributed by atoms with Crippen molar-refractivity contribution in [3.8, 4) is 28.0 Å². The highest BCUT2D eigenvalue weighted by Crippen LogP contribution is 2.26. The summed E-state index contributed by atoms with van der Waals surface area (Å²) in [4.78, 5) is 0. The monoisotopic (exact) mass is 442 g/mol. The van der Waals surface area contributed by atoms with Crippen molar-refractivity contribution >= 4 is 22.6 Å². The average Bonchev–Trinajstić information content (AvgIpc) is 2.67. The molecular formula is C23H23IO. The van der Waals surface area contributed by atoms with Gasteiger partial charge in [-0.3, -0.25) is 0 Å². The summed E-state index contributed by atoms with van der Waals surface area (Å²) < 4.78 is 6.98. The Morgan fingerprint density at radius 3 is 1.56 bits per heavy atom. The number of aryl methyl sites for hydroxylation is 1. The van der Waals surface area contributed by atoms with E-state index in [1.807, 2.05) is 0 Å². The molecule has 0 aliphatic heterocycles. The molecule has 25 heavy (non-hydrogen) atoms. The molecule has 0 bridgehead atoms. The number of hydrogen-bond donors (Lipinski definition) is 0. The lowest BCUT2D eigenvalue weighted by molar-refractivity contribution is 0.310. The van der Waals surface area contributed by atoms with Gasteiger partial charge in [-0.05, 0) is 58.6 Å². The quantitative estimate of drug-likeness (QED) is 0.219. The lowest BCUT2D eigenvalue weighted by Gasteiger charge is -2.08. The summed E-state index contributed by atoms with van der Waals surface area (Å²) in [5.41, 5.74) is 6.24. The first-order valence-corrected chi connectivity index (χ1v) is 10.2. The van der Waals surface area contributed by atoms with Crippen molar-refractivity contribution < 1.29 is 4.74 Å². The smallest absolute Gasteiger partial charge is 0.119 e. The van der Waals surface area contributed by atoms with Crippen LogP contribution in [0.15, 0.2) is 72.8 Å². The molecule has 0 aromatic heterocycles. The predicted molar refractivity (Wildman–Crippen MR) is 116 cm³/mol. The summed E-state index contributed by atoms with van der Waals surface area (Å²) in [7, 11) is 0. The number of unbranched alkanes of at least 4 members (excludes halogenated alkanes) is 1.